The van der Waals surface area contributed by atoms with Crippen molar-refractivity contribution >= 4 is 11.8 Å². The van der Waals surface area contributed by atoms with Gasteiger partial charge in [0.1, 0.15) is 5.69 Å². The molecule has 0 spiro atoms. The minimum atomic E-state index is -0.471. The lowest BCUT2D eigenvalue weighted by molar-refractivity contribution is -0.121. The molecule has 0 fully saturated rings. The maximum atomic E-state index is 13.0. The lowest BCUT2D eigenvalue weighted by Crippen LogP contribution is -2.42. The molecule has 1 aromatic heterocycles. The Morgan fingerprint density at radius 1 is 0.853 bits per heavy atom. The van der Waals surface area contributed by atoms with Gasteiger partial charge < -0.3 is 9.47 Å². The lowest BCUT2D eigenvalue weighted by Gasteiger charge is -2.10. The molecule has 2 N–H and O–H groups in total. The number of amides is 2. The van der Waals surface area contributed by atoms with E-state index in [9.17, 15) is 9.59 Å². The van der Waals surface area contributed by atoms with Crippen LogP contribution in [0.25, 0.3) is 16.9 Å². The average molecular weight is 457 g/mol. The van der Waals surface area contributed by atoms with E-state index in [2.05, 4.69) is 16.0 Å². The van der Waals surface area contributed by atoms with Gasteiger partial charge in [-0.3, -0.25) is 20.4 Å². The highest BCUT2D eigenvalue weighted by Crippen LogP contribution is 2.27. The van der Waals surface area contributed by atoms with Gasteiger partial charge in [-0.2, -0.15) is 5.10 Å². The van der Waals surface area contributed by atoms with E-state index < -0.39 is 5.91 Å². The molecule has 0 aliphatic rings. The van der Waals surface area contributed by atoms with Crippen LogP contribution in [-0.2, 0) is 11.2 Å². The summed E-state index contributed by atoms with van der Waals surface area (Å²) in [6.07, 6.45) is 1.70. The number of hydrazine groups is 1. The number of nitrogens with zero attached hydrogens (tertiary/aromatic N) is 2. The molecular weight excluding hydrogens is 432 g/mol. The zero-order valence-electron chi connectivity index (χ0n) is 18.8. The molecule has 2 amide bonds. The number of nitrogens with one attached hydrogen (secondary N) is 2. The number of hydrogen-bond donors (Lipinski definition) is 2. The fourth-order valence-electron chi connectivity index (χ4n) is 3.48. The number of aromatic nitrogens is 2. The lowest BCUT2D eigenvalue weighted by atomic mass is 10.1. The van der Waals surface area contributed by atoms with Gasteiger partial charge in [0, 0.05) is 11.8 Å². The number of carbonyl (C=O) groups excluding carboxylic acids is 2. The molecule has 8 heteroatoms. The molecule has 4 aromatic rings. The summed E-state index contributed by atoms with van der Waals surface area (Å²) in [5.74, 6) is 0.250. The van der Waals surface area contributed by atoms with Gasteiger partial charge in [-0.1, -0.05) is 54.6 Å². The van der Waals surface area contributed by atoms with Crippen molar-refractivity contribution in [1.29, 1.82) is 0 Å². The summed E-state index contributed by atoms with van der Waals surface area (Å²) in [5.41, 5.74) is 8.14. The Balaban J connectivity index is 1.50. The summed E-state index contributed by atoms with van der Waals surface area (Å²) < 4.78 is 12.1. The summed E-state index contributed by atoms with van der Waals surface area (Å²) in [6, 6.07) is 24.1. The highest BCUT2D eigenvalue weighted by molar-refractivity contribution is 6.00. The largest absolute Gasteiger partial charge is 0.493 e. The van der Waals surface area contributed by atoms with Crippen LogP contribution < -0.4 is 20.3 Å². The Morgan fingerprint density at radius 2 is 1.53 bits per heavy atom. The zero-order valence-corrected chi connectivity index (χ0v) is 18.8. The van der Waals surface area contributed by atoms with Crippen molar-refractivity contribution in [2.75, 3.05) is 14.2 Å². The molecule has 1 heterocycles. The van der Waals surface area contributed by atoms with Gasteiger partial charge in [0.25, 0.3) is 5.91 Å². The molecule has 0 aliphatic carbocycles. The van der Waals surface area contributed by atoms with Crippen molar-refractivity contribution in [1.82, 2.24) is 20.6 Å². The molecule has 0 radical (unpaired) electrons. The third-order valence-corrected chi connectivity index (χ3v) is 5.15. The first-order valence-corrected chi connectivity index (χ1v) is 10.6. The minimum Gasteiger partial charge on any atom is -0.493 e. The predicted octanol–water partition coefficient (Wildman–Crippen LogP) is 3.56. The van der Waals surface area contributed by atoms with Gasteiger partial charge in [-0.25, -0.2) is 4.68 Å². The van der Waals surface area contributed by atoms with Crippen molar-refractivity contribution in [3.63, 3.8) is 0 Å². The molecule has 0 saturated heterocycles. The maximum Gasteiger partial charge on any atom is 0.273 e. The maximum absolute atomic E-state index is 13.0. The van der Waals surface area contributed by atoms with Crippen LogP contribution in [0.5, 0.6) is 11.5 Å². The van der Waals surface area contributed by atoms with Crippen LogP contribution in [0, 0.1) is 0 Å². The normalized spacial score (nSPS) is 10.4. The monoisotopic (exact) mass is 456 g/mol. The second kappa shape index (κ2) is 10.4. The number of benzene rings is 3. The Morgan fingerprint density at radius 3 is 2.21 bits per heavy atom. The van der Waals surface area contributed by atoms with Crippen molar-refractivity contribution < 1.29 is 19.1 Å². The SMILES string of the molecule is COc1ccc(CC(=O)NNC(=O)c2cn(-c3ccccc3)nc2-c2ccccc2)cc1OC. The summed E-state index contributed by atoms with van der Waals surface area (Å²) in [7, 11) is 3.07. The Hall–Kier alpha value is -4.59. The van der Waals surface area contributed by atoms with Crippen LogP contribution >= 0.6 is 0 Å². The summed E-state index contributed by atoms with van der Waals surface area (Å²) in [5, 5.41) is 4.62. The van der Waals surface area contributed by atoms with Crippen LogP contribution in [0.3, 0.4) is 0 Å². The topological polar surface area (TPSA) is 94.5 Å². The smallest absolute Gasteiger partial charge is 0.273 e. The number of para-hydroxylation sites is 1. The Kier molecular flexibility index (Phi) is 6.88. The van der Waals surface area contributed by atoms with Crippen LogP contribution in [0.1, 0.15) is 15.9 Å². The first kappa shape index (κ1) is 22.6. The third kappa shape index (κ3) is 5.07. The number of carbonyl (C=O) groups is 2. The highest BCUT2D eigenvalue weighted by atomic mass is 16.5. The van der Waals surface area contributed by atoms with E-state index in [4.69, 9.17) is 9.47 Å². The fraction of sp³-hybridized carbons (Fsp3) is 0.115. The average Bonchev–Trinajstić information content (AvgIpc) is 3.34. The van der Waals surface area contributed by atoms with Crippen LogP contribution in [0.2, 0.25) is 0 Å². The van der Waals surface area contributed by atoms with E-state index in [1.165, 1.54) is 7.11 Å². The van der Waals surface area contributed by atoms with Crippen molar-refractivity contribution in [2.45, 2.75) is 6.42 Å². The second-order valence-corrected chi connectivity index (χ2v) is 7.41. The first-order chi connectivity index (χ1) is 16.6. The molecular formula is C26H24N4O4. The minimum absolute atomic E-state index is 0.0510. The second-order valence-electron chi connectivity index (χ2n) is 7.41. The van der Waals surface area contributed by atoms with Gasteiger partial charge in [0.15, 0.2) is 11.5 Å². The Labute approximate surface area is 197 Å². The van der Waals surface area contributed by atoms with Gasteiger partial charge in [0.05, 0.1) is 31.9 Å². The first-order valence-electron chi connectivity index (χ1n) is 10.6. The third-order valence-electron chi connectivity index (χ3n) is 5.15. The predicted molar refractivity (Wildman–Crippen MR) is 128 cm³/mol. The number of rotatable bonds is 7. The van der Waals surface area contributed by atoms with Crippen LogP contribution in [0.4, 0.5) is 0 Å². The molecule has 0 unspecified atom stereocenters. The van der Waals surface area contributed by atoms with E-state index in [0.717, 1.165) is 11.3 Å². The van der Waals surface area contributed by atoms with E-state index in [1.807, 2.05) is 60.7 Å². The number of hydrogen-bond acceptors (Lipinski definition) is 5. The highest BCUT2D eigenvalue weighted by Gasteiger charge is 2.19. The molecule has 0 atom stereocenters. The quantitative estimate of drug-likeness (QED) is 0.415. The van der Waals surface area contributed by atoms with E-state index in [0.29, 0.717) is 28.3 Å². The van der Waals surface area contributed by atoms with Crippen molar-refractivity contribution in [3.05, 3.63) is 96.2 Å². The molecule has 0 bridgehead atoms. The van der Waals surface area contributed by atoms with E-state index in [-0.39, 0.29) is 12.3 Å². The van der Waals surface area contributed by atoms with Gasteiger partial charge in [-0.05, 0) is 29.8 Å². The molecule has 4 rings (SSSR count). The molecule has 0 aliphatic heterocycles. The zero-order chi connectivity index (χ0) is 23.9. The van der Waals surface area contributed by atoms with E-state index in [1.54, 1.807) is 36.2 Å². The van der Waals surface area contributed by atoms with Gasteiger partial charge in [0.2, 0.25) is 5.91 Å². The van der Waals surface area contributed by atoms with Crippen molar-refractivity contribution in [3.8, 4) is 28.4 Å². The summed E-state index contributed by atoms with van der Waals surface area (Å²) in [6.45, 7) is 0. The van der Waals surface area contributed by atoms with Crippen molar-refractivity contribution in [2.24, 2.45) is 0 Å². The van der Waals surface area contributed by atoms with Gasteiger partial charge >= 0.3 is 0 Å². The standard InChI is InChI=1S/C26H24N4O4/c1-33-22-14-13-18(15-23(22)34-2)16-24(31)27-28-26(32)21-17-30(20-11-7-4-8-12-20)29-25(21)19-9-5-3-6-10-19/h3-15,17H,16H2,1-2H3,(H,27,31)(H,28,32). The van der Waals surface area contributed by atoms with Gasteiger partial charge in [-0.15, -0.1) is 0 Å². The van der Waals surface area contributed by atoms with E-state index >= 15 is 0 Å². The van der Waals surface area contributed by atoms with Crippen LogP contribution in [0.15, 0.2) is 85.1 Å². The molecule has 0 saturated carbocycles. The molecule has 34 heavy (non-hydrogen) atoms. The number of ether oxygens (including phenoxy) is 2. The fourth-order valence-corrected chi connectivity index (χ4v) is 3.48. The molecule has 172 valence electrons. The molecule has 8 nitrogen and oxygen atoms in total. The Bertz CT molecular complexity index is 1290. The molecule has 3 aromatic carbocycles. The number of methoxy groups -OCH3 is 2. The summed E-state index contributed by atoms with van der Waals surface area (Å²) >= 11 is 0. The van der Waals surface area contributed by atoms with Crippen LogP contribution in [-0.4, -0.2) is 35.8 Å². The summed E-state index contributed by atoms with van der Waals surface area (Å²) in [4.78, 5) is 25.5.